The number of imidazole rings is 1. The maximum atomic E-state index is 9.17. The molecule has 0 saturated heterocycles. The van der Waals surface area contributed by atoms with Crippen LogP contribution in [-0.2, 0) is 0 Å². The number of rotatable bonds is 4. The Balaban J connectivity index is 2.46. The van der Waals surface area contributed by atoms with Crippen LogP contribution in [0.1, 0.15) is 36.8 Å². The van der Waals surface area contributed by atoms with Gasteiger partial charge in [0.05, 0.1) is 10.7 Å². The van der Waals surface area contributed by atoms with Crippen LogP contribution in [-0.4, -0.2) is 16.1 Å². The quantitative estimate of drug-likeness (QED) is 0.941. The summed E-state index contributed by atoms with van der Waals surface area (Å²) in [6.07, 6.45) is 1.44. The van der Waals surface area contributed by atoms with Crippen LogP contribution < -0.4 is 5.32 Å². The van der Waals surface area contributed by atoms with E-state index in [2.05, 4.69) is 17.2 Å². The van der Waals surface area contributed by atoms with Crippen molar-refractivity contribution in [1.82, 2.24) is 14.9 Å². The Morgan fingerprint density at radius 1 is 1.38 bits per heavy atom. The largest absolute Gasteiger partial charge is 0.310 e. The molecule has 5 nitrogen and oxygen atoms in total. The lowest BCUT2D eigenvalue weighted by Gasteiger charge is -2.15. The van der Waals surface area contributed by atoms with E-state index < -0.39 is 0 Å². The van der Waals surface area contributed by atoms with Crippen molar-refractivity contribution in [2.75, 3.05) is 6.54 Å². The molecular weight excluding hydrogens is 286 g/mol. The van der Waals surface area contributed by atoms with Gasteiger partial charge >= 0.3 is 0 Å². The summed E-state index contributed by atoms with van der Waals surface area (Å²) in [4.78, 5) is 3.92. The molecule has 1 aromatic carbocycles. The van der Waals surface area contributed by atoms with E-state index in [0.29, 0.717) is 10.7 Å². The zero-order valence-electron chi connectivity index (χ0n) is 11.8. The standard InChI is InChI=1S/C15H14ClN5/c1-3-19-10(2)11-4-5-14(12(16)6-11)21-9-20-13(7-17)15(21)8-18/h4-6,9-10,19H,3H2,1-2H3. The van der Waals surface area contributed by atoms with Gasteiger partial charge in [0.25, 0.3) is 0 Å². The van der Waals surface area contributed by atoms with Crippen molar-refractivity contribution < 1.29 is 0 Å². The second kappa shape index (κ2) is 6.41. The molecule has 0 amide bonds. The summed E-state index contributed by atoms with van der Waals surface area (Å²) >= 11 is 6.32. The fraction of sp³-hybridized carbons (Fsp3) is 0.267. The van der Waals surface area contributed by atoms with Gasteiger partial charge < -0.3 is 5.32 Å². The smallest absolute Gasteiger partial charge is 0.177 e. The molecule has 1 N–H and O–H groups in total. The first-order chi connectivity index (χ1) is 10.1. The second-order valence-corrected chi connectivity index (χ2v) is 4.93. The highest BCUT2D eigenvalue weighted by Gasteiger charge is 2.15. The first kappa shape index (κ1) is 15.1. The predicted octanol–water partition coefficient (Wildman–Crippen LogP) is 2.94. The topological polar surface area (TPSA) is 77.4 Å². The average Bonchev–Trinajstić information content (AvgIpc) is 2.90. The molecule has 0 spiro atoms. The van der Waals surface area contributed by atoms with E-state index in [-0.39, 0.29) is 17.4 Å². The molecule has 1 heterocycles. The number of nitrogens with one attached hydrogen (secondary N) is 1. The van der Waals surface area contributed by atoms with Gasteiger partial charge in [-0.05, 0) is 31.2 Å². The van der Waals surface area contributed by atoms with Crippen LogP contribution in [0.2, 0.25) is 5.02 Å². The Morgan fingerprint density at radius 2 is 2.14 bits per heavy atom. The third-order valence-corrected chi connectivity index (χ3v) is 3.52. The second-order valence-electron chi connectivity index (χ2n) is 4.53. The fourth-order valence-electron chi connectivity index (χ4n) is 2.13. The Labute approximate surface area is 128 Å². The molecule has 0 radical (unpaired) electrons. The van der Waals surface area contributed by atoms with E-state index in [1.165, 1.54) is 10.9 Å². The van der Waals surface area contributed by atoms with Gasteiger partial charge in [0, 0.05) is 6.04 Å². The van der Waals surface area contributed by atoms with E-state index >= 15 is 0 Å². The summed E-state index contributed by atoms with van der Waals surface area (Å²) in [5.41, 5.74) is 1.98. The van der Waals surface area contributed by atoms with Crippen LogP contribution in [0.3, 0.4) is 0 Å². The fourth-order valence-corrected chi connectivity index (χ4v) is 2.41. The lowest BCUT2D eigenvalue weighted by Crippen LogP contribution is -2.17. The van der Waals surface area contributed by atoms with E-state index in [1.54, 1.807) is 0 Å². The molecule has 1 unspecified atom stereocenters. The maximum absolute atomic E-state index is 9.17. The molecule has 2 rings (SSSR count). The Morgan fingerprint density at radius 3 is 2.71 bits per heavy atom. The van der Waals surface area contributed by atoms with Crippen LogP contribution in [0.25, 0.3) is 5.69 Å². The van der Waals surface area contributed by atoms with Crippen molar-refractivity contribution in [2.24, 2.45) is 0 Å². The van der Waals surface area contributed by atoms with Gasteiger partial charge in [-0.25, -0.2) is 4.98 Å². The summed E-state index contributed by atoms with van der Waals surface area (Å²) in [6, 6.07) is 9.70. The number of hydrogen-bond acceptors (Lipinski definition) is 4. The van der Waals surface area contributed by atoms with E-state index in [1.807, 2.05) is 37.3 Å². The minimum Gasteiger partial charge on any atom is -0.310 e. The molecule has 0 fully saturated rings. The monoisotopic (exact) mass is 299 g/mol. The van der Waals surface area contributed by atoms with E-state index in [9.17, 15) is 0 Å². The zero-order chi connectivity index (χ0) is 15.4. The highest BCUT2D eigenvalue weighted by Crippen LogP contribution is 2.26. The molecule has 0 bridgehead atoms. The molecule has 2 aromatic rings. The third-order valence-electron chi connectivity index (χ3n) is 3.22. The van der Waals surface area contributed by atoms with Crippen molar-refractivity contribution in [3.63, 3.8) is 0 Å². The Hall–Kier alpha value is -2.34. The zero-order valence-corrected chi connectivity index (χ0v) is 12.5. The molecule has 0 aliphatic heterocycles. The van der Waals surface area contributed by atoms with Crippen LogP contribution >= 0.6 is 11.6 Å². The first-order valence-corrected chi connectivity index (χ1v) is 6.90. The molecular formula is C15H14ClN5. The number of hydrogen-bond donors (Lipinski definition) is 1. The van der Waals surface area contributed by atoms with Crippen molar-refractivity contribution in [3.05, 3.63) is 46.5 Å². The molecule has 0 aliphatic rings. The SMILES string of the molecule is CCNC(C)c1ccc(-n2cnc(C#N)c2C#N)c(Cl)c1. The number of halogens is 1. The minimum absolute atomic E-state index is 0.0960. The summed E-state index contributed by atoms with van der Waals surface area (Å²) < 4.78 is 1.53. The number of nitrogens with zero attached hydrogens (tertiary/aromatic N) is 4. The molecule has 6 heteroatoms. The Bertz CT molecular complexity index is 735. The van der Waals surface area contributed by atoms with Gasteiger partial charge in [0.15, 0.2) is 11.4 Å². The van der Waals surface area contributed by atoms with Gasteiger partial charge in [-0.1, -0.05) is 24.6 Å². The van der Waals surface area contributed by atoms with Crippen LogP contribution in [0.4, 0.5) is 0 Å². The van der Waals surface area contributed by atoms with Gasteiger partial charge in [0.2, 0.25) is 0 Å². The summed E-state index contributed by atoms with van der Waals surface area (Å²) in [5, 5.41) is 21.9. The summed E-state index contributed by atoms with van der Waals surface area (Å²) in [5.74, 6) is 0. The van der Waals surface area contributed by atoms with Crippen molar-refractivity contribution in [2.45, 2.75) is 19.9 Å². The number of nitriles is 2. The van der Waals surface area contributed by atoms with Crippen molar-refractivity contribution >= 4 is 11.6 Å². The molecule has 1 aromatic heterocycles. The minimum atomic E-state index is 0.0960. The molecule has 106 valence electrons. The highest BCUT2D eigenvalue weighted by molar-refractivity contribution is 6.32. The maximum Gasteiger partial charge on any atom is 0.177 e. The Kier molecular flexibility index (Phi) is 4.59. The first-order valence-electron chi connectivity index (χ1n) is 6.53. The average molecular weight is 300 g/mol. The highest BCUT2D eigenvalue weighted by atomic mass is 35.5. The van der Waals surface area contributed by atoms with Crippen molar-refractivity contribution in [1.29, 1.82) is 10.5 Å². The summed E-state index contributed by atoms with van der Waals surface area (Å²) in [7, 11) is 0. The molecule has 0 aliphatic carbocycles. The van der Waals surface area contributed by atoms with E-state index in [0.717, 1.165) is 12.1 Å². The van der Waals surface area contributed by atoms with Gasteiger partial charge in [-0.15, -0.1) is 0 Å². The normalized spacial score (nSPS) is 11.7. The molecule has 21 heavy (non-hydrogen) atoms. The third kappa shape index (κ3) is 2.90. The lowest BCUT2D eigenvalue weighted by atomic mass is 10.1. The molecule has 0 saturated carbocycles. The lowest BCUT2D eigenvalue weighted by molar-refractivity contribution is 0.598. The summed E-state index contributed by atoms with van der Waals surface area (Å²) in [6.45, 7) is 4.97. The molecule has 1 atom stereocenters. The van der Waals surface area contributed by atoms with Crippen LogP contribution in [0.15, 0.2) is 24.5 Å². The van der Waals surface area contributed by atoms with Gasteiger partial charge in [-0.2, -0.15) is 10.5 Å². The predicted molar refractivity (Wildman–Crippen MR) is 80.1 cm³/mol. The van der Waals surface area contributed by atoms with Gasteiger partial charge in [0.1, 0.15) is 18.5 Å². The van der Waals surface area contributed by atoms with Crippen LogP contribution in [0.5, 0.6) is 0 Å². The van der Waals surface area contributed by atoms with Gasteiger partial charge in [-0.3, -0.25) is 4.57 Å². The number of benzene rings is 1. The van der Waals surface area contributed by atoms with Crippen LogP contribution in [0, 0.1) is 22.7 Å². The number of aromatic nitrogens is 2. The van der Waals surface area contributed by atoms with Crippen molar-refractivity contribution in [3.8, 4) is 17.8 Å². The van der Waals surface area contributed by atoms with E-state index in [4.69, 9.17) is 22.1 Å².